The first-order valence-corrected chi connectivity index (χ1v) is 32.4. The molecule has 0 amide bonds. The molecule has 12 atom stereocenters. The Morgan fingerprint density at radius 1 is 0.432 bits per heavy atom. The standard InChI is InChI=1S/C24H25NO7S.2C18H22O5S/c1-24-13-12-20-19-9-7-18(14-15(19)2-8-21(20)22(24)10-11-23(24)26)32-33(29,30)31-17-5-3-16(4-6-17)25(27)28;2*1-18-9-8-14-13-5-3-12(23-24(20,21)22)10-11(13)2-4-15(14)16(18)6-7-17(18)19/h3-7,9,14,20-22H,2,8,10-13H2,1H3;2*3,5,10,14-16H,2,4,6-9H2,1H3,(H,20,21,22)/p-2/t20-,21-,22+,24+;2*14-,15-,16+,18+/m111/s1. The molecule has 0 heterocycles. The van der Waals surface area contributed by atoms with Crippen molar-refractivity contribution < 1.29 is 70.4 Å². The van der Waals surface area contributed by atoms with Crippen molar-refractivity contribution in [2.75, 3.05) is 0 Å². The topological polar surface area (TPSA) is 280 Å². The van der Waals surface area contributed by atoms with Gasteiger partial charge in [-0.25, -0.2) is 16.8 Å². The number of aryl methyl sites for hydroxylation is 3. The van der Waals surface area contributed by atoms with E-state index in [1.165, 1.54) is 28.8 Å². The summed E-state index contributed by atoms with van der Waals surface area (Å²) in [6.45, 7) is 6.44. The molecule has 4 aromatic carbocycles. The third-order valence-corrected chi connectivity index (χ3v) is 22.6. The van der Waals surface area contributed by atoms with E-state index in [1.54, 1.807) is 36.4 Å². The van der Waals surface area contributed by atoms with Gasteiger partial charge >= 0.3 is 10.4 Å². The molecule has 0 N–H and O–H groups in total. The van der Waals surface area contributed by atoms with Crippen LogP contribution in [0.3, 0.4) is 0 Å². The molecule has 0 spiro atoms. The van der Waals surface area contributed by atoms with Crippen LogP contribution in [0.5, 0.6) is 23.0 Å². The minimum Gasteiger partial charge on any atom is -0.716 e. The molecule has 0 radical (unpaired) electrons. The minimum absolute atomic E-state index is 0.0715. The highest BCUT2D eigenvalue weighted by Gasteiger charge is 2.57. The van der Waals surface area contributed by atoms with E-state index in [-0.39, 0.29) is 44.9 Å². The number of nitro groups is 1. The molecule has 6 saturated carbocycles. The van der Waals surface area contributed by atoms with E-state index in [0.29, 0.717) is 89.9 Å². The zero-order valence-electron chi connectivity index (χ0n) is 45.5. The average Bonchev–Trinajstić information content (AvgIpc) is 3.89. The van der Waals surface area contributed by atoms with Gasteiger partial charge in [0.15, 0.2) is 0 Å². The van der Waals surface area contributed by atoms with E-state index in [2.05, 4.69) is 29.1 Å². The molecule has 0 bridgehead atoms. The first kappa shape index (κ1) is 57.1. The smallest absolute Gasteiger partial charge is 0.500 e. The maximum atomic E-state index is 12.5. The number of fused-ring (bicyclic) bond motifs is 15. The van der Waals surface area contributed by atoms with E-state index in [1.807, 2.05) is 18.2 Å². The van der Waals surface area contributed by atoms with E-state index in [9.17, 15) is 58.9 Å². The number of rotatable bonds is 9. The summed E-state index contributed by atoms with van der Waals surface area (Å²) in [6.07, 6.45) is 16.4. The fraction of sp³-hybridized carbons (Fsp3) is 0.550. The molecular formula is C60H67NO17S3-2. The Balaban J connectivity index is 0.000000130. The summed E-state index contributed by atoms with van der Waals surface area (Å²) in [5, 5.41) is 10.7. The zero-order chi connectivity index (χ0) is 57.6. The molecule has 0 unspecified atom stereocenters. The van der Waals surface area contributed by atoms with Crippen molar-refractivity contribution in [2.45, 2.75) is 154 Å². The third-order valence-electron chi connectivity index (χ3n) is 21.1. The Hall–Kier alpha value is -5.74. The highest BCUT2D eigenvalue weighted by molar-refractivity contribution is 7.82. The predicted octanol–water partition coefficient (Wildman–Crippen LogP) is 10.6. The molecule has 9 aliphatic rings. The van der Waals surface area contributed by atoms with Gasteiger partial charge in [0.25, 0.3) is 26.5 Å². The summed E-state index contributed by atoms with van der Waals surface area (Å²) in [7, 11) is -13.9. The normalized spacial score (nSPS) is 32.4. The van der Waals surface area contributed by atoms with Crippen LogP contribution in [0, 0.1) is 61.9 Å². The number of hydrogen-bond acceptors (Lipinski definition) is 17. The van der Waals surface area contributed by atoms with Crippen LogP contribution in [0.1, 0.15) is 168 Å². The number of ketones is 3. The van der Waals surface area contributed by atoms with Gasteiger partial charge in [-0.05, 0) is 231 Å². The van der Waals surface area contributed by atoms with E-state index < -0.39 is 36.1 Å². The third kappa shape index (κ3) is 11.1. The Labute approximate surface area is 473 Å². The first-order chi connectivity index (χ1) is 38.2. The second kappa shape index (κ2) is 21.2. The quantitative estimate of drug-likeness (QED) is 0.0651. The Morgan fingerprint density at radius 2 is 0.741 bits per heavy atom. The van der Waals surface area contributed by atoms with Crippen LogP contribution < -0.4 is 16.7 Å². The van der Waals surface area contributed by atoms with Crippen LogP contribution >= 0.6 is 0 Å². The van der Waals surface area contributed by atoms with Crippen molar-refractivity contribution in [3.05, 3.63) is 122 Å². The van der Waals surface area contributed by atoms with Gasteiger partial charge in [0.05, 0.1) is 4.92 Å². The molecule has 0 aromatic heterocycles. The first-order valence-electron chi connectivity index (χ1n) is 28.4. The molecule has 18 nitrogen and oxygen atoms in total. The predicted molar refractivity (Wildman–Crippen MR) is 292 cm³/mol. The molecule has 21 heteroatoms. The maximum absolute atomic E-state index is 12.5. The summed E-state index contributed by atoms with van der Waals surface area (Å²) in [5.41, 5.74) is 6.31. The van der Waals surface area contributed by atoms with E-state index >= 15 is 0 Å². The summed E-state index contributed by atoms with van der Waals surface area (Å²) < 4.78 is 108. The Bertz CT molecular complexity index is 3410. The molecular weight excluding hydrogens is 1100 g/mol. The fourth-order valence-electron chi connectivity index (χ4n) is 17.3. The van der Waals surface area contributed by atoms with Crippen molar-refractivity contribution in [2.24, 2.45) is 51.8 Å². The molecule has 6 fully saturated rings. The monoisotopic (exact) mass is 1170 g/mol. The second-order valence-electron chi connectivity index (χ2n) is 24.9. The summed E-state index contributed by atoms with van der Waals surface area (Å²) in [4.78, 5) is 47.3. The number of carbonyl (C=O) groups excluding carboxylic acids is 3. The largest absolute Gasteiger partial charge is 0.716 e. The molecule has 81 heavy (non-hydrogen) atoms. The molecule has 9 aliphatic carbocycles. The van der Waals surface area contributed by atoms with Crippen molar-refractivity contribution in [3.63, 3.8) is 0 Å². The van der Waals surface area contributed by atoms with Gasteiger partial charge in [0, 0.05) is 47.6 Å². The Morgan fingerprint density at radius 3 is 1.06 bits per heavy atom. The van der Waals surface area contributed by atoms with Gasteiger partial charge in [-0.3, -0.25) is 24.5 Å². The zero-order valence-corrected chi connectivity index (χ0v) is 48.0. The second-order valence-corrected chi connectivity index (χ2v) is 28.0. The van der Waals surface area contributed by atoms with Gasteiger partial charge in [0.2, 0.25) is 0 Å². The van der Waals surface area contributed by atoms with Crippen LogP contribution in [0.2, 0.25) is 0 Å². The fourth-order valence-corrected chi connectivity index (χ4v) is 18.7. The van der Waals surface area contributed by atoms with Crippen molar-refractivity contribution in [3.8, 4) is 23.0 Å². The SMILES string of the molecule is C[C@]12CC[C@@H]3c4ccc(OS(=O)(=O)Oc5ccc([N+](=O)[O-])cc5)cc4CC[C@H]3[C@@H]1CCC2=O.C[C@]12CC[C@@H]3c4ccc(OS(=O)(=O)[O-])cc4CC[C@H]3[C@@H]1CCC2=O.C[C@]12CC[C@@H]3c4ccc(OS(=O)(=O)[O-])cc4CC[C@H]3[C@@H]1CCC2=O. The molecule has 4 aromatic rings. The lowest BCUT2D eigenvalue weighted by Crippen LogP contribution is -2.42. The van der Waals surface area contributed by atoms with Crippen LogP contribution in [0.25, 0.3) is 0 Å². The van der Waals surface area contributed by atoms with Gasteiger partial charge in [0.1, 0.15) is 40.3 Å². The number of nitro benzene ring substituents is 1. The van der Waals surface area contributed by atoms with Crippen molar-refractivity contribution in [1.29, 1.82) is 0 Å². The van der Waals surface area contributed by atoms with Crippen LogP contribution in [-0.4, -0.2) is 56.6 Å². The van der Waals surface area contributed by atoms with E-state index in [0.717, 1.165) is 125 Å². The lowest BCUT2D eigenvalue weighted by Gasteiger charge is -2.48. The Kier molecular flexibility index (Phi) is 14.9. The molecule has 13 rings (SSSR count). The number of hydrogen-bond donors (Lipinski definition) is 0. The highest BCUT2D eigenvalue weighted by Crippen LogP contribution is 2.62. The van der Waals surface area contributed by atoms with Gasteiger partial charge < -0.3 is 25.8 Å². The number of benzene rings is 4. The number of nitrogens with zero attached hydrogens (tertiary/aromatic N) is 1. The lowest BCUT2D eigenvalue weighted by molar-refractivity contribution is -0.384. The maximum Gasteiger partial charge on any atom is 0.500 e. The van der Waals surface area contributed by atoms with E-state index in [4.69, 9.17) is 8.37 Å². The number of Topliss-reactive ketones (excluding diaryl/α,β-unsaturated/α-hetero) is 3. The molecule has 434 valence electrons. The van der Waals surface area contributed by atoms with Gasteiger partial charge in [-0.1, -0.05) is 39.0 Å². The van der Waals surface area contributed by atoms with Gasteiger partial charge in [-0.15, -0.1) is 8.42 Å². The summed E-state index contributed by atoms with van der Waals surface area (Å²) in [5.74, 6) is 5.72. The van der Waals surface area contributed by atoms with Crippen molar-refractivity contribution >= 4 is 54.2 Å². The molecule has 0 saturated heterocycles. The van der Waals surface area contributed by atoms with Crippen LogP contribution in [-0.2, 0) is 64.8 Å². The molecule has 0 aliphatic heterocycles. The van der Waals surface area contributed by atoms with Crippen LogP contribution in [0.15, 0.2) is 78.9 Å². The number of carbonyl (C=O) groups is 3. The summed E-state index contributed by atoms with van der Waals surface area (Å²) in [6, 6.07) is 20.4. The minimum atomic E-state index is -4.74. The van der Waals surface area contributed by atoms with Gasteiger partial charge in [-0.2, -0.15) is 0 Å². The average molecular weight is 1170 g/mol. The lowest BCUT2D eigenvalue weighted by atomic mass is 9.55. The summed E-state index contributed by atoms with van der Waals surface area (Å²) >= 11 is 0. The highest BCUT2D eigenvalue weighted by atomic mass is 32.3. The van der Waals surface area contributed by atoms with Crippen LogP contribution in [0.4, 0.5) is 5.69 Å². The number of non-ortho nitro benzene ring substituents is 1. The van der Waals surface area contributed by atoms with Crippen molar-refractivity contribution in [1.82, 2.24) is 0 Å².